The van der Waals surface area contributed by atoms with Crippen LogP contribution in [0.2, 0.25) is 0 Å². The monoisotopic (exact) mass is 288 g/mol. The Hall–Kier alpha value is -2.88. The summed E-state index contributed by atoms with van der Waals surface area (Å²) in [5.74, 6) is 0.290. The molecule has 0 aromatic carbocycles. The SMILES string of the molecule is CC(/C=C/c1cnn2ccccc12)c1cnn2ccccc12. The molecule has 0 aliphatic heterocycles. The molecule has 0 spiro atoms. The van der Waals surface area contributed by atoms with Crippen molar-refractivity contribution in [1.29, 1.82) is 0 Å². The number of aromatic nitrogens is 4. The summed E-state index contributed by atoms with van der Waals surface area (Å²) in [7, 11) is 0. The van der Waals surface area contributed by atoms with E-state index in [0.717, 1.165) is 16.6 Å². The van der Waals surface area contributed by atoms with Gasteiger partial charge in [0, 0.05) is 29.4 Å². The van der Waals surface area contributed by atoms with E-state index in [-0.39, 0.29) is 0 Å². The number of hydrogen-bond donors (Lipinski definition) is 0. The molecule has 0 amide bonds. The smallest absolute Gasteiger partial charge is 0.0733 e. The molecule has 0 aliphatic rings. The average Bonchev–Trinajstić information content (AvgIpc) is 3.17. The second-order valence-electron chi connectivity index (χ2n) is 5.41. The lowest BCUT2D eigenvalue weighted by Gasteiger charge is -2.04. The van der Waals surface area contributed by atoms with E-state index in [1.807, 2.05) is 58.1 Å². The van der Waals surface area contributed by atoms with Crippen molar-refractivity contribution in [2.24, 2.45) is 0 Å². The number of rotatable bonds is 3. The molecule has 22 heavy (non-hydrogen) atoms. The molecule has 0 bridgehead atoms. The summed E-state index contributed by atoms with van der Waals surface area (Å²) in [6.45, 7) is 2.19. The van der Waals surface area contributed by atoms with Crippen LogP contribution < -0.4 is 0 Å². The molecule has 0 saturated heterocycles. The maximum absolute atomic E-state index is 4.40. The summed E-state index contributed by atoms with van der Waals surface area (Å²) < 4.78 is 3.80. The van der Waals surface area contributed by atoms with Gasteiger partial charge < -0.3 is 0 Å². The fourth-order valence-corrected chi connectivity index (χ4v) is 2.74. The summed E-state index contributed by atoms with van der Waals surface area (Å²) in [5.41, 5.74) is 4.63. The van der Waals surface area contributed by atoms with Gasteiger partial charge >= 0.3 is 0 Å². The lowest BCUT2D eigenvalue weighted by Crippen LogP contribution is -1.89. The Labute approximate surface area is 128 Å². The molecule has 4 heteroatoms. The van der Waals surface area contributed by atoms with Crippen LogP contribution in [-0.2, 0) is 0 Å². The summed E-state index contributed by atoms with van der Waals surface area (Å²) in [6, 6.07) is 12.2. The quantitative estimate of drug-likeness (QED) is 0.574. The fraction of sp³-hybridized carbons (Fsp3) is 0.111. The van der Waals surface area contributed by atoms with Gasteiger partial charge in [0.25, 0.3) is 0 Å². The summed E-state index contributed by atoms with van der Waals surface area (Å²) in [4.78, 5) is 0. The fourth-order valence-electron chi connectivity index (χ4n) is 2.74. The predicted octanol–water partition coefficient (Wildman–Crippen LogP) is 3.80. The number of allylic oxidation sites excluding steroid dienone is 1. The molecule has 4 aromatic rings. The first-order valence-electron chi connectivity index (χ1n) is 7.36. The Balaban J connectivity index is 1.68. The van der Waals surface area contributed by atoms with Crippen molar-refractivity contribution in [2.75, 3.05) is 0 Å². The molecule has 108 valence electrons. The molecule has 4 rings (SSSR count). The van der Waals surface area contributed by atoms with Gasteiger partial charge in [-0.2, -0.15) is 10.2 Å². The van der Waals surface area contributed by atoms with Crippen molar-refractivity contribution in [3.05, 3.63) is 78.4 Å². The molecule has 0 radical (unpaired) electrons. The number of nitrogens with zero attached hydrogens (tertiary/aromatic N) is 4. The van der Waals surface area contributed by atoms with Crippen molar-refractivity contribution in [2.45, 2.75) is 12.8 Å². The first kappa shape index (κ1) is 12.8. The highest BCUT2D eigenvalue weighted by atomic mass is 15.2. The standard InChI is InChI=1S/C18H16N4/c1-14(16-13-20-22-11-5-3-7-18(16)22)8-9-15-12-19-21-10-4-2-6-17(15)21/h2-14H,1H3/b9-8+. The Kier molecular flexibility index (Phi) is 3.00. The van der Waals surface area contributed by atoms with Crippen molar-refractivity contribution in [3.63, 3.8) is 0 Å². The first-order chi connectivity index (χ1) is 10.8. The summed E-state index contributed by atoms with van der Waals surface area (Å²) >= 11 is 0. The third-order valence-corrected chi connectivity index (χ3v) is 3.97. The highest BCUT2D eigenvalue weighted by Gasteiger charge is 2.09. The normalized spacial score (nSPS) is 13.3. The molecule has 4 heterocycles. The van der Waals surface area contributed by atoms with Crippen LogP contribution in [0, 0.1) is 0 Å². The Morgan fingerprint density at radius 3 is 2.41 bits per heavy atom. The second kappa shape index (κ2) is 5.15. The topological polar surface area (TPSA) is 34.6 Å². The zero-order valence-electron chi connectivity index (χ0n) is 12.3. The van der Waals surface area contributed by atoms with Crippen LogP contribution in [-0.4, -0.2) is 19.2 Å². The number of hydrogen-bond acceptors (Lipinski definition) is 2. The Morgan fingerprint density at radius 1 is 0.909 bits per heavy atom. The van der Waals surface area contributed by atoms with Crippen LogP contribution in [0.5, 0.6) is 0 Å². The highest BCUT2D eigenvalue weighted by Crippen LogP contribution is 2.23. The van der Waals surface area contributed by atoms with E-state index < -0.39 is 0 Å². The van der Waals surface area contributed by atoms with Gasteiger partial charge in [-0.05, 0) is 24.3 Å². The van der Waals surface area contributed by atoms with Gasteiger partial charge in [0.05, 0.1) is 23.4 Å². The van der Waals surface area contributed by atoms with Gasteiger partial charge in [0.15, 0.2) is 0 Å². The van der Waals surface area contributed by atoms with Crippen LogP contribution in [0.1, 0.15) is 24.0 Å². The number of fused-ring (bicyclic) bond motifs is 2. The maximum atomic E-state index is 4.40. The minimum atomic E-state index is 0.290. The van der Waals surface area contributed by atoms with E-state index >= 15 is 0 Å². The zero-order chi connectivity index (χ0) is 14.9. The number of pyridine rings is 2. The van der Waals surface area contributed by atoms with Crippen LogP contribution in [0.4, 0.5) is 0 Å². The Bertz CT molecular complexity index is 961. The third-order valence-electron chi connectivity index (χ3n) is 3.97. The van der Waals surface area contributed by atoms with Crippen LogP contribution in [0.25, 0.3) is 17.1 Å². The second-order valence-corrected chi connectivity index (χ2v) is 5.41. The van der Waals surface area contributed by atoms with Gasteiger partial charge in [-0.1, -0.05) is 31.2 Å². The maximum Gasteiger partial charge on any atom is 0.0733 e. The molecule has 4 aromatic heterocycles. The summed E-state index contributed by atoms with van der Waals surface area (Å²) in [6.07, 6.45) is 12.1. The van der Waals surface area contributed by atoms with Gasteiger partial charge in [-0.25, -0.2) is 9.03 Å². The Morgan fingerprint density at radius 2 is 1.59 bits per heavy atom. The van der Waals surface area contributed by atoms with Crippen molar-refractivity contribution in [3.8, 4) is 0 Å². The van der Waals surface area contributed by atoms with Gasteiger partial charge in [0.1, 0.15) is 0 Å². The third kappa shape index (κ3) is 2.09. The van der Waals surface area contributed by atoms with E-state index in [2.05, 4.69) is 41.4 Å². The van der Waals surface area contributed by atoms with E-state index in [0.29, 0.717) is 5.92 Å². The van der Waals surface area contributed by atoms with Gasteiger partial charge in [0.2, 0.25) is 0 Å². The molecular formula is C18H16N4. The minimum Gasteiger partial charge on any atom is -0.241 e. The molecule has 0 aliphatic carbocycles. The van der Waals surface area contributed by atoms with E-state index in [1.54, 1.807) is 0 Å². The minimum absolute atomic E-state index is 0.290. The molecule has 1 atom stereocenters. The zero-order valence-corrected chi connectivity index (χ0v) is 12.3. The van der Waals surface area contributed by atoms with Crippen LogP contribution in [0.15, 0.2) is 67.3 Å². The predicted molar refractivity (Wildman–Crippen MR) is 87.8 cm³/mol. The molecule has 0 fully saturated rings. The van der Waals surface area contributed by atoms with Crippen LogP contribution >= 0.6 is 0 Å². The lowest BCUT2D eigenvalue weighted by atomic mass is 10.0. The lowest BCUT2D eigenvalue weighted by molar-refractivity contribution is 0.961. The molecule has 1 unspecified atom stereocenters. The summed E-state index contributed by atoms with van der Waals surface area (Å²) in [5, 5.41) is 8.76. The van der Waals surface area contributed by atoms with E-state index in [4.69, 9.17) is 0 Å². The highest BCUT2D eigenvalue weighted by molar-refractivity contribution is 5.69. The molecule has 0 N–H and O–H groups in total. The average molecular weight is 288 g/mol. The molecular weight excluding hydrogens is 272 g/mol. The van der Waals surface area contributed by atoms with Crippen molar-refractivity contribution in [1.82, 2.24) is 19.2 Å². The van der Waals surface area contributed by atoms with E-state index in [9.17, 15) is 0 Å². The van der Waals surface area contributed by atoms with Crippen molar-refractivity contribution < 1.29 is 0 Å². The van der Waals surface area contributed by atoms with Gasteiger partial charge in [-0.15, -0.1) is 0 Å². The van der Waals surface area contributed by atoms with Gasteiger partial charge in [-0.3, -0.25) is 0 Å². The van der Waals surface area contributed by atoms with Crippen molar-refractivity contribution >= 4 is 17.1 Å². The largest absolute Gasteiger partial charge is 0.241 e. The van der Waals surface area contributed by atoms with E-state index in [1.165, 1.54) is 5.56 Å². The van der Waals surface area contributed by atoms with Crippen LogP contribution in [0.3, 0.4) is 0 Å². The molecule has 4 nitrogen and oxygen atoms in total. The molecule has 0 saturated carbocycles. The first-order valence-corrected chi connectivity index (χ1v) is 7.36.